The Labute approximate surface area is 194 Å². The molecule has 168 valence electrons. The highest BCUT2D eigenvalue weighted by atomic mass is 35.5. The Morgan fingerprint density at radius 1 is 1.06 bits per heavy atom. The molecule has 0 saturated heterocycles. The lowest BCUT2D eigenvalue weighted by Crippen LogP contribution is -2.50. The molecule has 0 heterocycles. The van der Waals surface area contributed by atoms with Crippen molar-refractivity contribution in [2.75, 3.05) is 6.61 Å². The van der Waals surface area contributed by atoms with Crippen molar-refractivity contribution in [2.45, 2.75) is 59.7 Å². The summed E-state index contributed by atoms with van der Waals surface area (Å²) in [5, 5.41) is 3.77. The van der Waals surface area contributed by atoms with E-state index in [1.54, 1.807) is 25.1 Å². The van der Waals surface area contributed by atoms with Crippen LogP contribution in [0.2, 0.25) is 10.0 Å². The molecule has 7 heteroatoms. The summed E-state index contributed by atoms with van der Waals surface area (Å²) in [5.74, 6) is 0.136. The molecule has 0 aliphatic rings. The van der Waals surface area contributed by atoms with E-state index in [1.165, 1.54) is 4.90 Å². The summed E-state index contributed by atoms with van der Waals surface area (Å²) in [6, 6.07) is 10.3. The molecule has 2 aromatic rings. The fraction of sp³-hybridized carbons (Fsp3) is 0.417. The highest BCUT2D eigenvalue weighted by molar-refractivity contribution is 6.42. The topological polar surface area (TPSA) is 58.6 Å². The SMILES string of the molecule is CC[C@H](C)NC(=O)[C@@H](C)N(Cc1ccc(Cl)c(Cl)c1)C(=O)COc1ccc(C)cc1C. The summed E-state index contributed by atoms with van der Waals surface area (Å²) in [5.41, 5.74) is 2.84. The van der Waals surface area contributed by atoms with Gasteiger partial charge in [0.25, 0.3) is 5.91 Å². The van der Waals surface area contributed by atoms with Crippen molar-refractivity contribution in [3.63, 3.8) is 0 Å². The smallest absolute Gasteiger partial charge is 0.261 e. The number of nitrogens with one attached hydrogen (secondary N) is 1. The van der Waals surface area contributed by atoms with E-state index in [0.717, 1.165) is 23.1 Å². The number of ether oxygens (including phenoxy) is 1. The van der Waals surface area contributed by atoms with Gasteiger partial charge in [-0.25, -0.2) is 0 Å². The molecule has 1 N–H and O–H groups in total. The third-order valence-corrected chi connectivity index (χ3v) is 5.93. The standard InChI is InChI=1S/C24H30Cl2N2O3/c1-6-17(4)27-24(30)18(5)28(13-19-8-9-20(25)21(26)12-19)23(29)14-31-22-10-7-15(2)11-16(22)3/h7-12,17-18H,6,13-14H2,1-5H3,(H,27,30)/t17-,18+/m0/s1. The number of amides is 2. The third-order valence-electron chi connectivity index (χ3n) is 5.19. The monoisotopic (exact) mass is 464 g/mol. The van der Waals surface area contributed by atoms with Gasteiger partial charge in [0.1, 0.15) is 11.8 Å². The molecule has 2 atom stereocenters. The minimum atomic E-state index is -0.682. The number of carbonyl (C=O) groups excluding carboxylic acids is 2. The number of aryl methyl sites for hydroxylation is 2. The van der Waals surface area contributed by atoms with E-state index in [-0.39, 0.29) is 31.0 Å². The average molecular weight is 465 g/mol. The summed E-state index contributed by atoms with van der Waals surface area (Å²) >= 11 is 12.2. The molecular formula is C24H30Cl2N2O3. The van der Waals surface area contributed by atoms with Crippen molar-refractivity contribution in [3.8, 4) is 5.75 Å². The lowest BCUT2D eigenvalue weighted by Gasteiger charge is -2.29. The van der Waals surface area contributed by atoms with E-state index in [1.807, 2.05) is 45.9 Å². The van der Waals surface area contributed by atoms with E-state index in [4.69, 9.17) is 27.9 Å². The van der Waals surface area contributed by atoms with Crippen molar-refractivity contribution in [1.29, 1.82) is 0 Å². The summed E-state index contributed by atoms with van der Waals surface area (Å²) < 4.78 is 5.78. The maximum atomic E-state index is 13.1. The van der Waals surface area contributed by atoms with Gasteiger partial charge in [0.2, 0.25) is 5.91 Å². The maximum Gasteiger partial charge on any atom is 0.261 e. The van der Waals surface area contributed by atoms with Gasteiger partial charge in [-0.05, 0) is 63.4 Å². The molecule has 0 saturated carbocycles. The zero-order valence-corrected chi connectivity index (χ0v) is 20.2. The van der Waals surface area contributed by atoms with Crippen LogP contribution in [0.15, 0.2) is 36.4 Å². The molecule has 0 spiro atoms. The van der Waals surface area contributed by atoms with E-state index >= 15 is 0 Å². The van der Waals surface area contributed by atoms with Crippen molar-refractivity contribution < 1.29 is 14.3 Å². The normalized spacial score (nSPS) is 12.7. The molecule has 5 nitrogen and oxygen atoms in total. The fourth-order valence-electron chi connectivity index (χ4n) is 3.07. The van der Waals surface area contributed by atoms with Gasteiger partial charge in [-0.1, -0.05) is 53.9 Å². The molecule has 0 fully saturated rings. The molecule has 2 aromatic carbocycles. The predicted molar refractivity (Wildman–Crippen MR) is 126 cm³/mol. The Hall–Kier alpha value is -2.24. The molecular weight excluding hydrogens is 435 g/mol. The number of hydrogen-bond acceptors (Lipinski definition) is 3. The Bertz CT molecular complexity index is 933. The van der Waals surface area contributed by atoms with Crippen LogP contribution in [0.5, 0.6) is 5.75 Å². The molecule has 2 rings (SSSR count). The first kappa shape index (κ1) is 25.0. The first-order valence-electron chi connectivity index (χ1n) is 10.4. The van der Waals surface area contributed by atoms with Gasteiger partial charge in [-0.3, -0.25) is 9.59 Å². The zero-order chi connectivity index (χ0) is 23.1. The second-order valence-corrected chi connectivity index (χ2v) is 8.64. The number of rotatable bonds is 9. The zero-order valence-electron chi connectivity index (χ0n) is 18.7. The molecule has 0 bridgehead atoms. The Morgan fingerprint density at radius 2 is 1.77 bits per heavy atom. The second kappa shape index (κ2) is 11.4. The van der Waals surface area contributed by atoms with Crippen LogP contribution in [0, 0.1) is 13.8 Å². The van der Waals surface area contributed by atoms with Crippen LogP contribution in [0.3, 0.4) is 0 Å². The van der Waals surface area contributed by atoms with E-state index < -0.39 is 6.04 Å². The van der Waals surface area contributed by atoms with Crippen molar-refractivity contribution in [2.24, 2.45) is 0 Å². The largest absolute Gasteiger partial charge is 0.483 e. The van der Waals surface area contributed by atoms with Gasteiger partial charge in [0.15, 0.2) is 6.61 Å². The highest BCUT2D eigenvalue weighted by Crippen LogP contribution is 2.24. The van der Waals surface area contributed by atoms with E-state index in [0.29, 0.717) is 15.8 Å². The molecule has 0 aliphatic heterocycles. The Morgan fingerprint density at radius 3 is 2.39 bits per heavy atom. The third kappa shape index (κ3) is 7.15. The summed E-state index contributed by atoms with van der Waals surface area (Å²) in [4.78, 5) is 27.4. The van der Waals surface area contributed by atoms with Gasteiger partial charge in [0.05, 0.1) is 10.0 Å². The van der Waals surface area contributed by atoms with Crippen molar-refractivity contribution in [1.82, 2.24) is 10.2 Å². The minimum absolute atomic E-state index is 0.0170. The van der Waals surface area contributed by atoms with Crippen LogP contribution >= 0.6 is 23.2 Å². The average Bonchev–Trinajstić information content (AvgIpc) is 2.72. The van der Waals surface area contributed by atoms with Gasteiger partial charge in [-0.2, -0.15) is 0 Å². The molecule has 31 heavy (non-hydrogen) atoms. The molecule has 2 amide bonds. The summed E-state index contributed by atoms with van der Waals surface area (Å²) in [6.45, 7) is 9.60. The van der Waals surface area contributed by atoms with E-state index in [9.17, 15) is 9.59 Å². The van der Waals surface area contributed by atoms with Gasteiger partial charge >= 0.3 is 0 Å². The van der Waals surface area contributed by atoms with Crippen LogP contribution in [-0.4, -0.2) is 35.4 Å². The van der Waals surface area contributed by atoms with Crippen LogP contribution in [0.4, 0.5) is 0 Å². The van der Waals surface area contributed by atoms with Gasteiger partial charge in [0, 0.05) is 12.6 Å². The molecule has 0 radical (unpaired) electrons. The first-order valence-corrected chi connectivity index (χ1v) is 11.1. The minimum Gasteiger partial charge on any atom is -0.483 e. The van der Waals surface area contributed by atoms with Crippen LogP contribution in [0.1, 0.15) is 43.9 Å². The highest BCUT2D eigenvalue weighted by Gasteiger charge is 2.27. The van der Waals surface area contributed by atoms with Crippen LogP contribution < -0.4 is 10.1 Å². The van der Waals surface area contributed by atoms with Crippen molar-refractivity contribution in [3.05, 3.63) is 63.1 Å². The predicted octanol–water partition coefficient (Wildman–Crippen LogP) is 5.32. The van der Waals surface area contributed by atoms with E-state index in [2.05, 4.69) is 5.32 Å². The lowest BCUT2D eigenvalue weighted by atomic mass is 10.1. The summed E-state index contributed by atoms with van der Waals surface area (Å²) in [7, 11) is 0. The summed E-state index contributed by atoms with van der Waals surface area (Å²) in [6.07, 6.45) is 0.801. The quantitative estimate of drug-likeness (QED) is 0.545. The van der Waals surface area contributed by atoms with Crippen molar-refractivity contribution >= 4 is 35.0 Å². The number of halogens is 2. The Balaban J connectivity index is 2.20. The van der Waals surface area contributed by atoms with Crippen LogP contribution in [-0.2, 0) is 16.1 Å². The number of carbonyl (C=O) groups is 2. The van der Waals surface area contributed by atoms with Crippen LogP contribution in [0.25, 0.3) is 0 Å². The number of nitrogens with zero attached hydrogens (tertiary/aromatic N) is 1. The fourth-order valence-corrected chi connectivity index (χ4v) is 3.39. The first-order chi connectivity index (χ1) is 14.6. The number of hydrogen-bond donors (Lipinski definition) is 1. The molecule has 0 aliphatic carbocycles. The van der Waals surface area contributed by atoms with Gasteiger partial charge in [-0.15, -0.1) is 0 Å². The lowest BCUT2D eigenvalue weighted by molar-refractivity contribution is -0.142. The second-order valence-electron chi connectivity index (χ2n) is 7.82. The molecule has 0 aromatic heterocycles. The molecule has 0 unspecified atom stereocenters. The number of benzene rings is 2. The Kier molecular flexibility index (Phi) is 9.20. The maximum absolute atomic E-state index is 13.1. The van der Waals surface area contributed by atoms with Gasteiger partial charge < -0.3 is 15.0 Å².